The lowest BCUT2D eigenvalue weighted by atomic mass is 10.1. The van der Waals surface area contributed by atoms with E-state index in [1.54, 1.807) is 42.5 Å². The first-order valence-electron chi connectivity index (χ1n) is 9.03. The summed E-state index contributed by atoms with van der Waals surface area (Å²) in [6, 6.07) is 9.59. The number of hydrogen-bond acceptors (Lipinski definition) is 3. The van der Waals surface area contributed by atoms with Gasteiger partial charge in [-0.1, -0.05) is 53.9 Å². The van der Waals surface area contributed by atoms with Crippen LogP contribution in [0.3, 0.4) is 0 Å². The molecule has 2 aromatic rings. The highest BCUT2D eigenvalue weighted by Gasteiger charge is 2.33. The van der Waals surface area contributed by atoms with Crippen molar-refractivity contribution in [3.05, 3.63) is 68.3 Å². The Labute approximate surface area is 184 Å². The van der Waals surface area contributed by atoms with Crippen LogP contribution in [0.25, 0.3) is 6.08 Å². The van der Waals surface area contributed by atoms with Crippen molar-refractivity contribution in [3.63, 3.8) is 0 Å². The van der Waals surface area contributed by atoms with E-state index in [1.165, 1.54) is 0 Å². The molecule has 1 aliphatic heterocycles. The Morgan fingerprint density at radius 3 is 2.52 bits per heavy atom. The Hall–Kier alpha value is -2.21. The number of amides is 3. The zero-order valence-electron chi connectivity index (χ0n) is 15.8. The van der Waals surface area contributed by atoms with Crippen LogP contribution in [0, 0.1) is 0 Å². The predicted octanol–water partition coefficient (Wildman–Crippen LogP) is 5.92. The SMILES string of the molecule is CCC(C)Oc1ccc(/C=C2\NC(=O)N(Cc3ccc(Cl)cc3Cl)C2=O)cc1Cl. The first kappa shape index (κ1) is 21.5. The number of imide groups is 1. The molecule has 5 nitrogen and oxygen atoms in total. The third-order valence-electron chi connectivity index (χ3n) is 4.48. The quantitative estimate of drug-likeness (QED) is 0.436. The van der Waals surface area contributed by atoms with Crippen molar-refractivity contribution in [3.8, 4) is 5.75 Å². The molecule has 2 aromatic carbocycles. The number of rotatable bonds is 6. The monoisotopic (exact) mass is 452 g/mol. The number of carbonyl (C=O) groups is 2. The molecule has 8 heteroatoms. The van der Waals surface area contributed by atoms with Crippen molar-refractivity contribution in [2.24, 2.45) is 0 Å². The average Bonchev–Trinajstić information content (AvgIpc) is 2.93. The van der Waals surface area contributed by atoms with Crippen LogP contribution in [0.1, 0.15) is 31.4 Å². The Kier molecular flexibility index (Phi) is 6.73. The second kappa shape index (κ2) is 9.08. The number of ether oxygens (including phenoxy) is 1. The molecule has 152 valence electrons. The van der Waals surface area contributed by atoms with E-state index in [9.17, 15) is 9.59 Å². The maximum absolute atomic E-state index is 12.7. The van der Waals surface area contributed by atoms with E-state index < -0.39 is 11.9 Å². The topological polar surface area (TPSA) is 58.6 Å². The van der Waals surface area contributed by atoms with E-state index in [0.717, 1.165) is 11.3 Å². The minimum absolute atomic E-state index is 0.0421. The minimum atomic E-state index is -0.518. The highest BCUT2D eigenvalue weighted by atomic mass is 35.5. The summed E-state index contributed by atoms with van der Waals surface area (Å²) in [6.45, 7) is 4.02. The number of urea groups is 1. The van der Waals surface area contributed by atoms with Crippen LogP contribution in [0.5, 0.6) is 5.75 Å². The standard InChI is InChI=1S/C21H19Cl3N2O3/c1-3-12(2)29-19-7-4-13(8-17(19)24)9-18-20(27)26(21(28)25-18)11-14-5-6-15(22)10-16(14)23/h4-10,12H,3,11H2,1-2H3,(H,25,28)/b18-9-. The minimum Gasteiger partial charge on any atom is -0.489 e. The molecule has 0 bridgehead atoms. The van der Waals surface area contributed by atoms with Crippen LogP contribution in [-0.4, -0.2) is 22.9 Å². The predicted molar refractivity (Wildman–Crippen MR) is 115 cm³/mol. The Morgan fingerprint density at radius 1 is 1.10 bits per heavy atom. The average molecular weight is 454 g/mol. The molecule has 0 saturated carbocycles. The Morgan fingerprint density at radius 2 is 1.86 bits per heavy atom. The summed E-state index contributed by atoms with van der Waals surface area (Å²) in [4.78, 5) is 26.1. The summed E-state index contributed by atoms with van der Waals surface area (Å²) < 4.78 is 5.74. The molecule has 1 heterocycles. The highest BCUT2D eigenvalue weighted by Crippen LogP contribution is 2.29. The molecule has 0 radical (unpaired) electrons. The molecule has 1 aliphatic rings. The third kappa shape index (κ3) is 5.04. The van der Waals surface area contributed by atoms with Crippen LogP contribution in [0.2, 0.25) is 15.1 Å². The van der Waals surface area contributed by atoms with Gasteiger partial charge in [0.05, 0.1) is 17.7 Å². The molecule has 3 rings (SSSR count). The lowest BCUT2D eigenvalue weighted by molar-refractivity contribution is -0.123. The second-order valence-corrected chi connectivity index (χ2v) is 7.89. The van der Waals surface area contributed by atoms with Gasteiger partial charge >= 0.3 is 6.03 Å². The smallest absolute Gasteiger partial charge is 0.329 e. The summed E-state index contributed by atoms with van der Waals surface area (Å²) in [7, 11) is 0. The van der Waals surface area contributed by atoms with Gasteiger partial charge in [0.25, 0.3) is 5.91 Å². The van der Waals surface area contributed by atoms with Gasteiger partial charge in [-0.05, 0) is 54.8 Å². The molecule has 1 unspecified atom stereocenters. The summed E-state index contributed by atoms with van der Waals surface area (Å²) >= 11 is 18.3. The van der Waals surface area contributed by atoms with Crippen LogP contribution in [0.15, 0.2) is 42.1 Å². The first-order chi connectivity index (χ1) is 13.8. The molecular formula is C21H19Cl3N2O3. The summed E-state index contributed by atoms with van der Waals surface area (Å²) in [5.74, 6) is 0.126. The van der Waals surface area contributed by atoms with Gasteiger partial charge in [-0.15, -0.1) is 0 Å². The molecule has 0 aliphatic carbocycles. The Balaban J connectivity index is 1.78. The van der Waals surface area contributed by atoms with Crippen LogP contribution in [-0.2, 0) is 11.3 Å². The molecule has 1 N–H and O–H groups in total. The normalized spacial score (nSPS) is 16.3. The van der Waals surface area contributed by atoms with Gasteiger partial charge in [0.1, 0.15) is 11.4 Å². The van der Waals surface area contributed by atoms with Crippen LogP contribution in [0.4, 0.5) is 4.79 Å². The maximum atomic E-state index is 12.7. The second-order valence-electron chi connectivity index (χ2n) is 6.64. The van der Waals surface area contributed by atoms with Gasteiger partial charge in [-0.25, -0.2) is 4.79 Å². The van der Waals surface area contributed by atoms with E-state index in [1.807, 2.05) is 13.8 Å². The fraction of sp³-hybridized carbons (Fsp3) is 0.238. The Bertz CT molecular complexity index is 991. The maximum Gasteiger partial charge on any atom is 0.329 e. The fourth-order valence-electron chi connectivity index (χ4n) is 2.70. The van der Waals surface area contributed by atoms with Crippen molar-refractivity contribution in [2.75, 3.05) is 0 Å². The van der Waals surface area contributed by atoms with Crippen molar-refractivity contribution in [1.82, 2.24) is 10.2 Å². The van der Waals surface area contributed by atoms with Gasteiger partial charge in [-0.2, -0.15) is 0 Å². The van der Waals surface area contributed by atoms with Crippen molar-refractivity contribution < 1.29 is 14.3 Å². The van der Waals surface area contributed by atoms with Gasteiger partial charge in [0.15, 0.2) is 0 Å². The van der Waals surface area contributed by atoms with Crippen molar-refractivity contribution >= 4 is 52.8 Å². The summed E-state index contributed by atoms with van der Waals surface area (Å²) in [5.41, 5.74) is 1.45. The summed E-state index contributed by atoms with van der Waals surface area (Å²) in [6.07, 6.45) is 2.47. The van der Waals surface area contributed by atoms with Gasteiger partial charge in [0, 0.05) is 10.0 Å². The zero-order valence-corrected chi connectivity index (χ0v) is 18.1. The summed E-state index contributed by atoms with van der Waals surface area (Å²) in [5, 5.41) is 3.88. The molecular weight excluding hydrogens is 435 g/mol. The van der Waals surface area contributed by atoms with E-state index in [0.29, 0.717) is 31.9 Å². The van der Waals surface area contributed by atoms with E-state index >= 15 is 0 Å². The molecule has 1 saturated heterocycles. The number of carbonyl (C=O) groups excluding carboxylic acids is 2. The number of nitrogens with one attached hydrogen (secondary N) is 1. The molecule has 0 aromatic heterocycles. The largest absolute Gasteiger partial charge is 0.489 e. The third-order valence-corrected chi connectivity index (χ3v) is 5.36. The lowest BCUT2D eigenvalue weighted by Gasteiger charge is -2.14. The van der Waals surface area contributed by atoms with E-state index in [4.69, 9.17) is 39.5 Å². The fourth-order valence-corrected chi connectivity index (χ4v) is 3.41. The van der Waals surface area contributed by atoms with E-state index in [2.05, 4.69) is 5.32 Å². The molecule has 1 atom stereocenters. The van der Waals surface area contributed by atoms with Crippen LogP contribution >= 0.6 is 34.8 Å². The zero-order chi connectivity index (χ0) is 21.1. The number of halogens is 3. The number of nitrogens with zero attached hydrogens (tertiary/aromatic N) is 1. The van der Waals surface area contributed by atoms with Gasteiger partial charge < -0.3 is 10.1 Å². The van der Waals surface area contributed by atoms with Crippen molar-refractivity contribution in [2.45, 2.75) is 32.9 Å². The van der Waals surface area contributed by atoms with Crippen molar-refractivity contribution in [1.29, 1.82) is 0 Å². The molecule has 0 spiro atoms. The number of hydrogen-bond donors (Lipinski definition) is 1. The molecule has 29 heavy (non-hydrogen) atoms. The number of benzene rings is 2. The highest BCUT2D eigenvalue weighted by molar-refractivity contribution is 6.35. The lowest BCUT2D eigenvalue weighted by Crippen LogP contribution is -2.30. The van der Waals surface area contributed by atoms with E-state index in [-0.39, 0.29) is 18.3 Å². The van der Waals surface area contributed by atoms with Crippen LogP contribution < -0.4 is 10.1 Å². The molecule has 3 amide bonds. The molecule has 1 fully saturated rings. The van der Waals surface area contributed by atoms with Gasteiger partial charge in [0.2, 0.25) is 0 Å². The first-order valence-corrected chi connectivity index (χ1v) is 10.2. The van der Waals surface area contributed by atoms with Gasteiger partial charge in [-0.3, -0.25) is 9.69 Å².